The van der Waals surface area contributed by atoms with Crippen LogP contribution in [0.5, 0.6) is 0 Å². The third-order valence-corrected chi connectivity index (χ3v) is 18.0. The molecule has 0 amide bonds. The van der Waals surface area contributed by atoms with E-state index < -0.39 is 96.7 Å². The van der Waals surface area contributed by atoms with Gasteiger partial charge in [0.2, 0.25) is 0 Å². The Balaban J connectivity index is 0.000000212. The summed E-state index contributed by atoms with van der Waals surface area (Å²) in [5.74, 6) is 0. The Labute approximate surface area is 599 Å². The smallest absolute Gasteiger partial charge is 0.399 e. The van der Waals surface area contributed by atoms with Crippen LogP contribution in [0, 0.1) is 0 Å². The van der Waals surface area contributed by atoms with Crippen molar-refractivity contribution in [1.29, 1.82) is 0 Å². The van der Waals surface area contributed by atoms with Gasteiger partial charge in [-0.1, -0.05) is 34.8 Å². The Bertz CT molecular complexity index is 2830. The van der Waals surface area contributed by atoms with Gasteiger partial charge in [-0.25, -0.2) is 0 Å². The molecule has 0 atom stereocenters. The zero-order chi connectivity index (χ0) is 69.1. The van der Waals surface area contributed by atoms with Crippen LogP contribution in [0.4, 0.5) is 0 Å². The number of rotatable bonds is 20. The first-order valence-corrected chi connectivity index (χ1v) is 32.5. The maximum atomic E-state index is 6.02. The van der Waals surface area contributed by atoms with E-state index in [0.717, 1.165) is 21.2 Å². The van der Waals surface area contributed by atoms with Crippen LogP contribution in [-0.2, 0) is 23.3 Å². The minimum Gasteiger partial charge on any atom is -0.399 e. The fourth-order valence-corrected chi connectivity index (χ4v) is 10.9. The summed E-state index contributed by atoms with van der Waals surface area (Å²) in [6, 6.07) is 8.65. The van der Waals surface area contributed by atoms with Crippen LogP contribution in [0.25, 0.3) is 11.3 Å². The number of hydrogen-bond donors (Lipinski definition) is 0. The average molecular weight is 1300 g/mol. The molecule has 51 heteroatoms. The van der Waals surface area contributed by atoms with Gasteiger partial charge in [-0.2, -0.15) is 15.3 Å². The Morgan fingerprint density at radius 1 is 0.457 bits per heavy atom. The van der Waals surface area contributed by atoms with E-state index in [1.807, 2.05) is 92.6 Å². The second-order valence-electron chi connectivity index (χ2n) is 26.1. The van der Waals surface area contributed by atoms with E-state index in [1.54, 1.807) is 18.2 Å². The van der Waals surface area contributed by atoms with Crippen molar-refractivity contribution in [2.24, 2.45) is 0 Å². The van der Waals surface area contributed by atoms with Crippen LogP contribution < -0.4 is 5.46 Å². The molecule has 5 fully saturated rings. The van der Waals surface area contributed by atoms with E-state index >= 15 is 0 Å². The molecule has 0 spiro atoms. The third kappa shape index (κ3) is 24.1. The Morgan fingerprint density at radius 2 is 0.772 bits per heavy atom. The molecule has 5 aliphatic rings. The van der Waals surface area contributed by atoms with Crippen molar-refractivity contribution in [3.63, 3.8) is 0 Å². The number of halogens is 4. The molecule has 0 bridgehead atoms. The van der Waals surface area contributed by atoms with Crippen molar-refractivity contribution < 1.29 is 23.3 Å². The summed E-state index contributed by atoms with van der Waals surface area (Å²) < 4.78 is 35.8. The molecule has 0 unspecified atom stereocenters. The standard InChI is InChI=1S/C12H19BN2O2.C10H9ClN4.C9H19BO3.C6H7BrN2.C4H2Cl2N2.B30/c1-11(2)12(3,4)17-13(16-11)9-7-14-15(8-9)10-5-6-10;11-10-4-3-9(13-14-10)7-5-12-15(6-7)8-1-2-8;1-7(2)11-10-12-8(3,4)9(5,6)13-10;7-5-3-8-9(4-5)6-1-2-6;5-3-1-2-4(6)8-7-3;1-17(2)25(18(3)4)29(26(19(5)6)20(7)8)30(27(21(9)10)22(11)12)28(23(13)14)24(15)16/h7-8,10H,5-6H2,1-4H3;3-6,8H,1-2H2;7H,1-6H3;3-4,6H,1-2H2;1-2H;. The highest BCUT2D eigenvalue weighted by molar-refractivity contribution is 9.10. The fourth-order valence-electron chi connectivity index (χ4n) is 10.3. The summed E-state index contributed by atoms with van der Waals surface area (Å²) in [4.78, 5) is 0. The monoisotopic (exact) mass is 1300 g/mol. The summed E-state index contributed by atoms with van der Waals surface area (Å²) >= 11 is 19.8. The Morgan fingerprint density at radius 3 is 1.08 bits per heavy atom. The highest BCUT2D eigenvalue weighted by Crippen LogP contribution is 2.39. The summed E-state index contributed by atoms with van der Waals surface area (Å²) in [7, 11) is 95.6. The van der Waals surface area contributed by atoms with E-state index in [9.17, 15) is 0 Å². The average Bonchev–Trinajstić information content (AvgIpc) is 1.14. The lowest BCUT2D eigenvalue weighted by molar-refractivity contribution is 0.00578. The van der Waals surface area contributed by atoms with Gasteiger partial charge < -0.3 is 23.3 Å². The molecule has 0 N–H and O–H groups in total. The largest absolute Gasteiger partial charge is 0.640 e. The van der Waals surface area contributed by atoms with Gasteiger partial charge in [0.1, 0.15) is 0 Å². The van der Waals surface area contributed by atoms with Gasteiger partial charge >= 0.3 is 14.4 Å². The van der Waals surface area contributed by atoms with Crippen molar-refractivity contribution in [2.45, 2.75) is 154 Å². The molecule has 10 rings (SSSR count). The molecular weight excluding hydrogens is 1240 g/mol. The lowest BCUT2D eigenvalue weighted by atomic mass is 8.31. The SMILES string of the molecule is Brc1cnn(C2CC2)c1.CC(C)OB1OC(C)(C)C(C)(C)O1.CC1(C)OB(c2cnn(C3CC3)c2)OC1(C)C.Clc1ccc(-c2cnn(C3CC3)c2)nn1.Clc1ccc(Cl)nn1.[B]B([B])B(B([B])[B])B(B(B([B])[B])B([B])[B])B(B(B([B])[B])B([B])[B])B(B([B])[B])B([B])[B]. The molecular formula is C41H56B32BrCl3N10O5. The molecule has 7 heterocycles. The molecule has 15 nitrogen and oxygen atoms in total. The van der Waals surface area contributed by atoms with Crippen molar-refractivity contribution in [3.8, 4) is 11.3 Å². The van der Waals surface area contributed by atoms with Crippen molar-refractivity contribution in [1.82, 2.24) is 49.7 Å². The second-order valence-corrected chi connectivity index (χ2v) is 28.2. The van der Waals surface area contributed by atoms with Crippen molar-refractivity contribution >= 4 is 284 Å². The van der Waals surface area contributed by atoms with Crippen LogP contribution in [0.15, 0.2) is 65.9 Å². The second kappa shape index (κ2) is 35.9. The van der Waals surface area contributed by atoms with Gasteiger partial charge in [0.15, 0.2) is 15.5 Å². The van der Waals surface area contributed by atoms with E-state index in [1.165, 1.54) is 38.5 Å². The van der Waals surface area contributed by atoms with Gasteiger partial charge in [0, 0.05) is 255 Å². The van der Waals surface area contributed by atoms with Crippen LogP contribution in [0.3, 0.4) is 0 Å². The van der Waals surface area contributed by atoms with Gasteiger partial charge in [0.05, 0.1) is 63.1 Å². The zero-order valence-corrected chi connectivity index (χ0v) is 58.2. The molecule has 0 aromatic carbocycles. The summed E-state index contributed by atoms with van der Waals surface area (Å²) in [5, 5.41) is 28.7. The van der Waals surface area contributed by atoms with Gasteiger partial charge in [-0.05, 0) is 148 Å². The zero-order valence-electron chi connectivity index (χ0n) is 54.3. The molecule has 2 aliphatic heterocycles. The molecule has 92 heavy (non-hydrogen) atoms. The van der Waals surface area contributed by atoms with Crippen LogP contribution in [0.1, 0.15) is 126 Å². The van der Waals surface area contributed by atoms with Crippen LogP contribution >= 0.6 is 50.7 Å². The number of aromatic nitrogens is 10. The molecule has 2 saturated heterocycles. The first-order chi connectivity index (χ1) is 42.7. The molecule has 32 radical (unpaired) electrons. The molecule has 424 valence electrons. The number of hydrogen-bond acceptors (Lipinski definition) is 12. The summed E-state index contributed by atoms with van der Waals surface area (Å²) in [5.41, 5.74) is 1.67. The number of nitrogens with zero attached hydrogens (tertiary/aromatic N) is 10. The summed E-state index contributed by atoms with van der Waals surface area (Å²) in [6.07, 6.45) is 5.55. The molecule has 5 aromatic rings. The van der Waals surface area contributed by atoms with Crippen LogP contribution in [-0.4, -0.2) is 306 Å². The minimum absolute atomic E-state index is 0.120. The maximum absolute atomic E-state index is 6.02. The predicted molar refractivity (Wildman–Crippen MR) is 418 cm³/mol. The van der Waals surface area contributed by atoms with Gasteiger partial charge in [-0.15, -0.1) is 20.4 Å². The molecule has 5 aromatic heterocycles. The predicted octanol–water partition coefficient (Wildman–Crippen LogP) is -1.81. The van der Waals surface area contributed by atoms with Crippen LogP contribution in [0.2, 0.25) is 15.5 Å². The highest BCUT2D eigenvalue weighted by Gasteiger charge is 2.55. The Kier molecular flexibility index (Phi) is 31.9. The normalized spacial score (nSPS) is 16.7. The first kappa shape index (κ1) is 81.7. The maximum Gasteiger partial charge on any atom is 0.640 e. The molecule has 3 saturated carbocycles. The highest BCUT2D eigenvalue weighted by atomic mass is 79.9. The Hall–Kier alpha value is -0.982. The van der Waals surface area contributed by atoms with E-state index in [0.29, 0.717) is 33.6 Å². The van der Waals surface area contributed by atoms with Crippen molar-refractivity contribution in [3.05, 3.63) is 81.4 Å². The summed E-state index contributed by atoms with van der Waals surface area (Å²) in [6.45, 7) is 20.2. The topological polar surface area (TPSA) is 151 Å². The van der Waals surface area contributed by atoms with E-state index in [4.69, 9.17) is 182 Å². The van der Waals surface area contributed by atoms with E-state index in [-0.39, 0.29) is 35.6 Å². The van der Waals surface area contributed by atoms with E-state index in [2.05, 4.69) is 85.5 Å². The van der Waals surface area contributed by atoms with Crippen molar-refractivity contribution in [2.75, 3.05) is 0 Å². The minimum atomic E-state index is -1.07. The van der Waals surface area contributed by atoms with Gasteiger partial charge in [-0.3, -0.25) is 14.0 Å². The lowest BCUT2D eigenvalue weighted by Gasteiger charge is -2.50. The fraction of sp³-hybridized carbons (Fsp3) is 0.585. The molecule has 3 aliphatic carbocycles. The lowest BCUT2D eigenvalue weighted by Crippen LogP contribution is -2.88. The first-order valence-electron chi connectivity index (χ1n) is 30.6. The quantitative estimate of drug-likeness (QED) is 0.0809. The third-order valence-electron chi connectivity index (χ3n) is 17.0. The van der Waals surface area contributed by atoms with Gasteiger partial charge in [0.25, 0.3) is 0 Å².